The summed E-state index contributed by atoms with van der Waals surface area (Å²) in [4.78, 5) is 12.2. The molecule has 0 saturated heterocycles. The van der Waals surface area contributed by atoms with E-state index in [2.05, 4.69) is 21.2 Å². The number of nitrogens with two attached hydrogens (primary N) is 1. The summed E-state index contributed by atoms with van der Waals surface area (Å²) in [5, 5.41) is 3.02. The van der Waals surface area contributed by atoms with Crippen molar-refractivity contribution in [1.29, 1.82) is 0 Å². The molecule has 0 aromatic heterocycles. The van der Waals surface area contributed by atoms with Crippen LogP contribution in [0.2, 0.25) is 0 Å². The van der Waals surface area contributed by atoms with Gasteiger partial charge in [-0.1, -0.05) is 40.9 Å². The van der Waals surface area contributed by atoms with E-state index in [0.717, 1.165) is 35.7 Å². The molecule has 2 rings (SSSR count). The summed E-state index contributed by atoms with van der Waals surface area (Å²) >= 11 is 3.40. The molecule has 1 aliphatic rings. The van der Waals surface area contributed by atoms with Crippen molar-refractivity contribution in [2.24, 2.45) is 5.73 Å². The van der Waals surface area contributed by atoms with Crippen molar-refractivity contribution < 1.29 is 4.79 Å². The molecule has 1 aromatic rings. The standard InChI is InChI=1S/C14H19BrN2O/c1-10(11-4-6-12(15)7-5-11)17-13(18)14(16)8-2-3-9-14/h4-7,10H,2-3,8-9,16H2,1H3,(H,17,18)/t10-/m0/s1. The van der Waals surface area contributed by atoms with Gasteiger partial charge in [0.05, 0.1) is 11.6 Å². The van der Waals surface area contributed by atoms with Crippen LogP contribution in [0.25, 0.3) is 0 Å². The Morgan fingerprint density at radius 3 is 2.44 bits per heavy atom. The number of halogens is 1. The number of hydrogen-bond donors (Lipinski definition) is 2. The highest BCUT2D eigenvalue weighted by Gasteiger charge is 2.37. The SMILES string of the molecule is C[C@H](NC(=O)C1(N)CCCC1)c1ccc(Br)cc1. The van der Waals surface area contributed by atoms with E-state index in [0.29, 0.717) is 0 Å². The molecule has 18 heavy (non-hydrogen) atoms. The fourth-order valence-electron chi connectivity index (χ4n) is 2.41. The number of hydrogen-bond acceptors (Lipinski definition) is 2. The minimum atomic E-state index is -0.649. The summed E-state index contributed by atoms with van der Waals surface area (Å²) < 4.78 is 1.04. The first-order valence-corrected chi connectivity index (χ1v) is 7.16. The van der Waals surface area contributed by atoms with E-state index in [1.54, 1.807) is 0 Å². The van der Waals surface area contributed by atoms with Gasteiger partial charge in [0.1, 0.15) is 0 Å². The van der Waals surface area contributed by atoms with Crippen molar-refractivity contribution in [3.63, 3.8) is 0 Å². The topological polar surface area (TPSA) is 55.1 Å². The quantitative estimate of drug-likeness (QED) is 0.902. The van der Waals surface area contributed by atoms with E-state index >= 15 is 0 Å². The summed E-state index contributed by atoms with van der Waals surface area (Å²) in [7, 11) is 0. The van der Waals surface area contributed by atoms with Gasteiger partial charge in [0.25, 0.3) is 0 Å². The van der Waals surface area contributed by atoms with Gasteiger partial charge in [0.15, 0.2) is 0 Å². The van der Waals surface area contributed by atoms with Crippen LogP contribution in [0, 0.1) is 0 Å². The van der Waals surface area contributed by atoms with Crippen molar-refractivity contribution in [1.82, 2.24) is 5.32 Å². The van der Waals surface area contributed by atoms with Crippen LogP contribution in [-0.4, -0.2) is 11.4 Å². The third kappa shape index (κ3) is 2.93. The molecular formula is C14H19BrN2O. The lowest BCUT2D eigenvalue weighted by Gasteiger charge is -2.25. The second-order valence-corrected chi connectivity index (χ2v) is 6.03. The molecule has 0 bridgehead atoms. The van der Waals surface area contributed by atoms with Crippen LogP contribution in [-0.2, 0) is 4.79 Å². The van der Waals surface area contributed by atoms with Crippen LogP contribution in [0.3, 0.4) is 0 Å². The Hall–Kier alpha value is -0.870. The van der Waals surface area contributed by atoms with Crippen LogP contribution < -0.4 is 11.1 Å². The van der Waals surface area contributed by atoms with Gasteiger partial charge in [0.2, 0.25) is 5.91 Å². The van der Waals surface area contributed by atoms with Gasteiger partial charge in [-0.25, -0.2) is 0 Å². The first-order valence-electron chi connectivity index (χ1n) is 6.36. The van der Waals surface area contributed by atoms with Gasteiger partial charge in [-0.15, -0.1) is 0 Å². The number of rotatable bonds is 3. The van der Waals surface area contributed by atoms with Gasteiger partial charge in [0, 0.05) is 4.47 Å². The Morgan fingerprint density at radius 2 is 1.89 bits per heavy atom. The third-order valence-electron chi connectivity index (χ3n) is 3.67. The first-order chi connectivity index (χ1) is 8.51. The average molecular weight is 311 g/mol. The molecule has 4 heteroatoms. The molecule has 1 amide bonds. The lowest BCUT2D eigenvalue weighted by molar-refractivity contribution is -0.126. The predicted octanol–water partition coefficient (Wildman–Crippen LogP) is 2.90. The average Bonchev–Trinajstić information content (AvgIpc) is 2.78. The molecule has 98 valence electrons. The Kier molecular flexibility index (Phi) is 4.07. The van der Waals surface area contributed by atoms with E-state index in [9.17, 15) is 4.79 Å². The van der Waals surface area contributed by atoms with Crippen LogP contribution >= 0.6 is 15.9 Å². The Morgan fingerprint density at radius 1 is 1.33 bits per heavy atom. The molecule has 0 aliphatic heterocycles. The largest absolute Gasteiger partial charge is 0.348 e. The Labute approximate surface area is 116 Å². The smallest absolute Gasteiger partial charge is 0.240 e. The fourth-order valence-corrected chi connectivity index (χ4v) is 2.67. The van der Waals surface area contributed by atoms with E-state index in [-0.39, 0.29) is 11.9 Å². The van der Waals surface area contributed by atoms with Gasteiger partial charge in [-0.05, 0) is 37.5 Å². The minimum absolute atomic E-state index is 0.00775. The van der Waals surface area contributed by atoms with Gasteiger partial charge in [-0.3, -0.25) is 4.79 Å². The van der Waals surface area contributed by atoms with Crippen molar-refractivity contribution in [3.8, 4) is 0 Å². The molecule has 3 nitrogen and oxygen atoms in total. The maximum absolute atomic E-state index is 12.2. The third-order valence-corrected chi connectivity index (χ3v) is 4.19. The molecule has 1 atom stereocenters. The van der Waals surface area contributed by atoms with E-state index in [1.165, 1.54) is 0 Å². The molecule has 1 fully saturated rings. The van der Waals surface area contributed by atoms with Gasteiger partial charge < -0.3 is 11.1 Å². The second-order valence-electron chi connectivity index (χ2n) is 5.11. The fraction of sp³-hybridized carbons (Fsp3) is 0.500. The monoisotopic (exact) mass is 310 g/mol. The molecule has 0 heterocycles. The maximum Gasteiger partial charge on any atom is 0.240 e. The zero-order valence-corrected chi connectivity index (χ0v) is 12.2. The molecule has 0 spiro atoms. The predicted molar refractivity (Wildman–Crippen MR) is 76.1 cm³/mol. The van der Waals surface area contributed by atoms with Gasteiger partial charge >= 0.3 is 0 Å². The van der Waals surface area contributed by atoms with Crippen LogP contribution in [0.15, 0.2) is 28.7 Å². The van der Waals surface area contributed by atoms with Crippen LogP contribution in [0.1, 0.15) is 44.2 Å². The highest BCUT2D eigenvalue weighted by Crippen LogP contribution is 2.28. The van der Waals surface area contributed by atoms with Crippen molar-refractivity contribution >= 4 is 21.8 Å². The zero-order chi connectivity index (χ0) is 13.2. The van der Waals surface area contributed by atoms with Crippen LogP contribution in [0.5, 0.6) is 0 Å². The Balaban J connectivity index is 2.00. The molecule has 3 N–H and O–H groups in total. The molecule has 0 unspecified atom stereocenters. The number of amides is 1. The summed E-state index contributed by atoms with van der Waals surface area (Å²) in [6.07, 6.45) is 3.70. The summed E-state index contributed by atoms with van der Waals surface area (Å²) in [5.41, 5.74) is 6.58. The summed E-state index contributed by atoms with van der Waals surface area (Å²) in [6.45, 7) is 1.99. The molecular weight excluding hydrogens is 292 g/mol. The lowest BCUT2D eigenvalue weighted by atomic mass is 9.97. The normalized spacial score (nSPS) is 19.5. The van der Waals surface area contributed by atoms with Gasteiger partial charge in [-0.2, -0.15) is 0 Å². The second kappa shape index (κ2) is 5.41. The Bertz CT molecular complexity index is 424. The molecule has 1 aromatic carbocycles. The van der Waals surface area contributed by atoms with Crippen LogP contribution in [0.4, 0.5) is 0 Å². The van der Waals surface area contributed by atoms with E-state index < -0.39 is 5.54 Å². The van der Waals surface area contributed by atoms with Crippen molar-refractivity contribution in [3.05, 3.63) is 34.3 Å². The minimum Gasteiger partial charge on any atom is -0.348 e. The van der Waals surface area contributed by atoms with E-state index in [4.69, 9.17) is 5.73 Å². The molecule has 0 radical (unpaired) electrons. The maximum atomic E-state index is 12.2. The zero-order valence-electron chi connectivity index (χ0n) is 10.6. The summed E-state index contributed by atoms with van der Waals surface area (Å²) in [6, 6.07) is 7.96. The van der Waals surface area contributed by atoms with Crippen molar-refractivity contribution in [2.75, 3.05) is 0 Å². The summed E-state index contributed by atoms with van der Waals surface area (Å²) in [5.74, 6) is -0.0181. The number of carbonyl (C=O) groups excluding carboxylic acids is 1. The molecule has 1 saturated carbocycles. The number of nitrogens with one attached hydrogen (secondary N) is 1. The van der Waals surface area contributed by atoms with E-state index in [1.807, 2.05) is 31.2 Å². The van der Waals surface area contributed by atoms with Crippen molar-refractivity contribution in [2.45, 2.75) is 44.2 Å². The highest BCUT2D eigenvalue weighted by molar-refractivity contribution is 9.10. The number of carbonyl (C=O) groups is 1. The first kappa shape index (κ1) is 13.6. The lowest BCUT2D eigenvalue weighted by Crippen LogP contribution is -2.52. The molecule has 1 aliphatic carbocycles. The number of benzene rings is 1. The highest BCUT2D eigenvalue weighted by atomic mass is 79.9.